The minimum absolute atomic E-state index is 0.445. The van der Waals surface area contributed by atoms with Crippen LogP contribution >= 0.6 is 0 Å². The van der Waals surface area contributed by atoms with Gasteiger partial charge in [-0.25, -0.2) is 0 Å². The van der Waals surface area contributed by atoms with Gasteiger partial charge in [-0.2, -0.15) is 0 Å². The second-order valence-corrected chi connectivity index (χ2v) is 14.0. The minimum atomic E-state index is -0.503. The number of fused-ring (bicyclic) bond motifs is 2. The summed E-state index contributed by atoms with van der Waals surface area (Å²) in [7, 11) is -1.01. The average Bonchev–Trinajstić information content (AvgIpc) is 3.35. The smallest absolute Gasteiger partial charge is 0.453 e. The van der Waals surface area contributed by atoms with Crippen LogP contribution in [0, 0.1) is 0 Å². The molecule has 0 unspecified atom stereocenters. The van der Waals surface area contributed by atoms with E-state index in [0.717, 1.165) is 50.6 Å². The standard InChI is InChI=1S/C36H39B2NO5/c1-33(2)34(3,4)42-37(41-33)25-18-20-29-31(22-25)40-32-23-26(38-43-35(5,6)36(7,8)44-38)19-21-30(32)39(29)28-17-13-12-16-27(28)24-14-10-9-11-15-24/h9-23H,1-8H3. The van der Waals surface area contributed by atoms with E-state index in [1.165, 1.54) is 0 Å². The number of ether oxygens (including phenoxy) is 1. The molecule has 4 aromatic carbocycles. The van der Waals surface area contributed by atoms with Crippen LogP contribution in [0.5, 0.6) is 11.5 Å². The van der Waals surface area contributed by atoms with E-state index >= 15 is 0 Å². The third kappa shape index (κ3) is 4.67. The van der Waals surface area contributed by atoms with E-state index in [0.29, 0.717) is 0 Å². The fourth-order valence-electron chi connectivity index (χ4n) is 5.88. The van der Waals surface area contributed by atoms with Gasteiger partial charge in [0.15, 0.2) is 11.5 Å². The van der Waals surface area contributed by atoms with Gasteiger partial charge in [0.05, 0.1) is 39.5 Å². The highest BCUT2D eigenvalue weighted by Gasteiger charge is 2.53. The molecule has 4 aromatic rings. The summed E-state index contributed by atoms with van der Waals surface area (Å²) in [6.45, 7) is 16.5. The zero-order chi connectivity index (χ0) is 31.1. The van der Waals surface area contributed by atoms with Crippen LogP contribution in [-0.4, -0.2) is 36.6 Å². The minimum Gasteiger partial charge on any atom is -0.453 e. The first-order chi connectivity index (χ1) is 20.8. The normalized spacial score (nSPS) is 20.7. The fraction of sp³-hybridized carbons (Fsp3) is 0.333. The molecule has 0 radical (unpaired) electrons. The highest BCUT2D eigenvalue weighted by molar-refractivity contribution is 6.62. The van der Waals surface area contributed by atoms with Crippen LogP contribution < -0.4 is 20.6 Å². The summed E-state index contributed by atoms with van der Waals surface area (Å²) in [5, 5.41) is 0. The summed E-state index contributed by atoms with van der Waals surface area (Å²) in [4.78, 5) is 2.28. The van der Waals surface area contributed by atoms with E-state index in [4.69, 9.17) is 23.4 Å². The monoisotopic (exact) mass is 587 g/mol. The lowest BCUT2D eigenvalue weighted by molar-refractivity contribution is 0.00578. The van der Waals surface area contributed by atoms with E-state index < -0.39 is 36.6 Å². The predicted octanol–water partition coefficient (Wildman–Crippen LogP) is 7.53. The van der Waals surface area contributed by atoms with Crippen molar-refractivity contribution in [2.75, 3.05) is 4.90 Å². The summed E-state index contributed by atoms with van der Waals surface area (Å²) < 4.78 is 32.3. The Bertz CT molecular complexity index is 1620. The first-order valence-corrected chi connectivity index (χ1v) is 15.4. The van der Waals surface area contributed by atoms with Crippen LogP contribution in [0.3, 0.4) is 0 Å². The van der Waals surface area contributed by atoms with Gasteiger partial charge < -0.3 is 28.3 Å². The van der Waals surface area contributed by atoms with Crippen LogP contribution in [0.4, 0.5) is 17.1 Å². The molecular formula is C36H39B2NO5. The molecule has 7 rings (SSSR count). The van der Waals surface area contributed by atoms with Gasteiger partial charge in [-0.15, -0.1) is 0 Å². The van der Waals surface area contributed by atoms with Gasteiger partial charge in [0, 0.05) is 5.56 Å². The maximum absolute atomic E-state index is 6.72. The first kappa shape index (κ1) is 29.2. The van der Waals surface area contributed by atoms with Crippen LogP contribution in [0.1, 0.15) is 55.4 Å². The lowest BCUT2D eigenvalue weighted by atomic mass is 9.78. The summed E-state index contributed by atoms with van der Waals surface area (Å²) in [5.41, 5.74) is 5.22. The van der Waals surface area contributed by atoms with E-state index in [-0.39, 0.29) is 0 Å². The van der Waals surface area contributed by atoms with Crippen LogP contribution in [-0.2, 0) is 18.6 Å². The molecule has 0 N–H and O–H groups in total. The van der Waals surface area contributed by atoms with Gasteiger partial charge in [-0.1, -0.05) is 60.7 Å². The van der Waals surface area contributed by atoms with Crippen molar-refractivity contribution in [2.45, 2.75) is 77.8 Å². The Labute approximate surface area is 261 Å². The van der Waals surface area contributed by atoms with Crippen molar-refractivity contribution in [1.29, 1.82) is 0 Å². The highest BCUT2D eigenvalue weighted by atomic mass is 16.7. The van der Waals surface area contributed by atoms with E-state index in [9.17, 15) is 0 Å². The molecule has 0 spiro atoms. The summed E-state index contributed by atoms with van der Waals surface area (Å²) in [5.74, 6) is 1.44. The van der Waals surface area contributed by atoms with Gasteiger partial charge in [0.2, 0.25) is 0 Å². The summed E-state index contributed by atoms with van der Waals surface area (Å²) in [6, 6.07) is 31.4. The number of rotatable bonds is 4. The Kier molecular flexibility index (Phi) is 6.62. The van der Waals surface area contributed by atoms with Crippen molar-refractivity contribution < 1.29 is 23.4 Å². The number of nitrogens with zero attached hydrogens (tertiary/aromatic N) is 1. The average molecular weight is 587 g/mol. The molecule has 2 saturated heterocycles. The van der Waals surface area contributed by atoms with Crippen molar-refractivity contribution >= 4 is 42.2 Å². The molecule has 0 aromatic heterocycles. The number of anilines is 3. The maximum atomic E-state index is 6.72. The SMILES string of the molecule is CC1(C)OB(c2ccc3c(c2)Oc2cc(B4OC(C)(C)C(C)(C)O4)ccc2N3c2ccccc2-c2ccccc2)OC1(C)C. The van der Waals surface area contributed by atoms with Crippen LogP contribution in [0.2, 0.25) is 0 Å². The van der Waals surface area contributed by atoms with Crippen LogP contribution in [0.25, 0.3) is 11.1 Å². The Morgan fingerprint density at radius 2 is 0.909 bits per heavy atom. The Hall–Kier alpha value is -3.55. The number of benzene rings is 4. The predicted molar refractivity (Wildman–Crippen MR) is 178 cm³/mol. The largest absolute Gasteiger partial charge is 0.494 e. The summed E-state index contributed by atoms with van der Waals surface area (Å²) >= 11 is 0. The van der Waals surface area contributed by atoms with Gasteiger partial charge >= 0.3 is 14.2 Å². The number of hydrogen-bond donors (Lipinski definition) is 0. The number of hydrogen-bond acceptors (Lipinski definition) is 6. The Morgan fingerprint density at radius 3 is 1.39 bits per heavy atom. The molecule has 3 aliphatic rings. The second kappa shape index (κ2) is 9.98. The van der Waals surface area contributed by atoms with Crippen molar-refractivity contribution in [3.8, 4) is 22.6 Å². The zero-order valence-corrected chi connectivity index (χ0v) is 26.8. The summed E-state index contributed by atoms with van der Waals surface area (Å²) in [6.07, 6.45) is 0. The molecule has 224 valence electrons. The fourth-order valence-corrected chi connectivity index (χ4v) is 5.88. The molecule has 0 aliphatic carbocycles. The molecule has 44 heavy (non-hydrogen) atoms. The quantitative estimate of drug-likeness (QED) is 0.203. The van der Waals surface area contributed by atoms with Crippen molar-refractivity contribution in [1.82, 2.24) is 0 Å². The molecule has 2 fully saturated rings. The lowest BCUT2D eigenvalue weighted by Gasteiger charge is -2.35. The number of para-hydroxylation sites is 1. The Balaban J connectivity index is 1.35. The molecule has 8 heteroatoms. The lowest BCUT2D eigenvalue weighted by Crippen LogP contribution is -2.41. The second-order valence-electron chi connectivity index (χ2n) is 14.0. The van der Waals surface area contributed by atoms with E-state index in [2.05, 4.69) is 133 Å². The third-order valence-corrected chi connectivity index (χ3v) is 9.95. The molecule has 6 nitrogen and oxygen atoms in total. The molecule has 0 amide bonds. The van der Waals surface area contributed by atoms with Crippen molar-refractivity contribution in [3.63, 3.8) is 0 Å². The zero-order valence-electron chi connectivity index (χ0n) is 26.8. The molecule has 3 aliphatic heterocycles. The van der Waals surface area contributed by atoms with Crippen LogP contribution in [0.15, 0.2) is 91.0 Å². The maximum Gasteiger partial charge on any atom is 0.494 e. The topological polar surface area (TPSA) is 49.4 Å². The van der Waals surface area contributed by atoms with Gasteiger partial charge in [0.1, 0.15) is 0 Å². The van der Waals surface area contributed by atoms with Crippen molar-refractivity contribution in [3.05, 3.63) is 91.0 Å². The van der Waals surface area contributed by atoms with Crippen molar-refractivity contribution in [2.24, 2.45) is 0 Å². The van der Waals surface area contributed by atoms with Gasteiger partial charge in [0.25, 0.3) is 0 Å². The Morgan fingerprint density at radius 1 is 0.477 bits per heavy atom. The first-order valence-electron chi connectivity index (χ1n) is 15.4. The molecular weight excluding hydrogens is 548 g/mol. The third-order valence-electron chi connectivity index (χ3n) is 9.95. The molecule has 0 bridgehead atoms. The van der Waals surface area contributed by atoms with Gasteiger partial charge in [-0.3, -0.25) is 0 Å². The van der Waals surface area contributed by atoms with Gasteiger partial charge in [-0.05, 0) is 102 Å². The molecule has 0 atom stereocenters. The molecule has 3 heterocycles. The molecule has 0 saturated carbocycles. The van der Waals surface area contributed by atoms with E-state index in [1.807, 2.05) is 18.2 Å². The van der Waals surface area contributed by atoms with E-state index in [1.54, 1.807) is 0 Å². The highest BCUT2D eigenvalue weighted by Crippen LogP contribution is 2.52.